The average molecular weight is 175 g/mol. The highest BCUT2D eigenvalue weighted by molar-refractivity contribution is 4.97. The van der Waals surface area contributed by atoms with Gasteiger partial charge in [-0.05, 0) is 13.8 Å². The molecule has 70 valence electrons. The highest BCUT2D eigenvalue weighted by Gasteiger charge is 2.44. The topological polar surface area (TPSA) is 12.0 Å². The van der Waals surface area contributed by atoms with Crippen molar-refractivity contribution < 1.29 is 8.78 Å². The molecule has 3 heteroatoms. The van der Waals surface area contributed by atoms with Gasteiger partial charge in [0.25, 0.3) is 5.92 Å². The number of alkyl halides is 2. The molecule has 0 amide bonds. The normalized spacial score (nSPS) is 21.7. The van der Waals surface area contributed by atoms with Gasteiger partial charge in [0.2, 0.25) is 0 Å². The number of hydrogen-bond donors (Lipinski definition) is 1. The molecule has 0 aromatic carbocycles. The Labute approximate surface area is 71.8 Å². The third-order valence-corrected chi connectivity index (χ3v) is 2.01. The van der Waals surface area contributed by atoms with Crippen molar-refractivity contribution in [3.8, 4) is 0 Å². The molecule has 0 aromatic heterocycles. The fourth-order valence-electron chi connectivity index (χ4n) is 1.24. The molecule has 1 fully saturated rings. The molecule has 0 aliphatic heterocycles. The van der Waals surface area contributed by atoms with Crippen LogP contribution in [0.2, 0.25) is 0 Å². The Hall–Kier alpha value is -0.440. The molecule has 0 spiro atoms. The van der Waals surface area contributed by atoms with E-state index in [9.17, 15) is 8.78 Å². The highest BCUT2D eigenvalue weighted by Crippen LogP contribution is 2.37. The molecule has 0 aromatic rings. The summed E-state index contributed by atoms with van der Waals surface area (Å²) in [6, 6.07) is 0.0237. The molecule has 1 aliphatic rings. The van der Waals surface area contributed by atoms with Crippen molar-refractivity contribution in [2.24, 2.45) is 0 Å². The number of rotatable bonds is 3. The Morgan fingerprint density at radius 1 is 1.50 bits per heavy atom. The minimum Gasteiger partial charge on any atom is -0.310 e. The van der Waals surface area contributed by atoms with Gasteiger partial charge in [0, 0.05) is 25.4 Å². The Morgan fingerprint density at radius 2 is 2.08 bits per heavy atom. The maximum absolute atomic E-state index is 12.3. The van der Waals surface area contributed by atoms with Crippen LogP contribution in [-0.4, -0.2) is 18.5 Å². The summed E-state index contributed by atoms with van der Waals surface area (Å²) in [5, 5.41) is 3.05. The number of hydrogen-bond acceptors (Lipinski definition) is 1. The third kappa shape index (κ3) is 2.89. The molecule has 1 aliphatic carbocycles. The van der Waals surface area contributed by atoms with Crippen LogP contribution in [0.15, 0.2) is 11.6 Å². The molecule has 1 rings (SSSR count). The summed E-state index contributed by atoms with van der Waals surface area (Å²) in [6.45, 7) is 4.71. The van der Waals surface area contributed by atoms with Crippen molar-refractivity contribution in [2.75, 3.05) is 6.54 Å². The fourth-order valence-corrected chi connectivity index (χ4v) is 1.24. The van der Waals surface area contributed by atoms with E-state index in [1.165, 1.54) is 5.57 Å². The van der Waals surface area contributed by atoms with Crippen LogP contribution in [0.1, 0.15) is 26.7 Å². The summed E-state index contributed by atoms with van der Waals surface area (Å²) in [4.78, 5) is 0. The summed E-state index contributed by atoms with van der Waals surface area (Å²) in [7, 11) is 0. The van der Waals surface area contributed by atoms with Crippen LogP contribution in [0, 0.1) is 0 Å². The van der Waals surface area contributed by atoms with Crippen molar-refractivity contribution in [1.82, 2.24) is 5.32 Å². The molecule has 12 heavy (non-hydrogen) atoms. The summed E-state index contributed by atoms with van der Waals surface area (Å²) >= 11 is 0. The first-order valence-electron chi connectivity index (χ1n) is 4.24. The summed E-state index contributed by atoms with van der Waals surface area (Å²) in [5.41, 5.74) is 1.22. The maximum atomic E-state index is 12.3. The predicted octanol–water partition coefficient (Wildman–Crippen LogP) is 2.34. The zero-order valence-electron chi connectivity index (χ0n) is 7.53. The quantitative estimate of drug-likeness (QED) is 0.649. The summed E-state index contributed by atoms with van der Waals surface area (Å²) in [5.74, 6) is -2.40. The summed E-state index contributed by atoms with van der Waals surface area (Å²) in [6.07, 6.45) is 2.02. The molecule has 0 unspecified atom stereocenters. The number of allylic oxidation sites excluding steroid dienone is 1. The van der Waals surface area contributed by atoms with E-state index < -0.39 is 5.92 Å². The van der Waals surface area contributed by atoms with Crippen LogP contribution in [-0.2, 0) is 0 Å². The van der Waals surface area contributed by atoms with Crippen molar-refractivity contribution in [2.45, 2.75) is 38.7 Å². The Bertz CT molecular complexity index is 175. The monoisotopic (exact) mass is 175 g/mol. The van der Waals surface area contributed by atoms with E-state index in [-0.39, 0.29) is 18.9 Å². The lowest BCUT2D eigenvalue weighted by Crippen LogP contribution is -2.48. The van der Waals surface area contributed by atoms with E-state index in [1.807, 2.05) is 19.9 Å². The second-order valence-electron chi connectivity index (χ2n) is 3.65. The van der Waals surface area contributed by atoms with Gasteiger partial charge >= 0.3 is 0 Å². The van der Waals surface area contributed by atoms with Gasteiger partial charge in [-0.3, -0.25) is 0 Å². The van der Waals surface area contributed by atoms with Crippen LogP contribution in [0.4, 0.5) is 8.78 Å². The van der Waals surface area contributed by atoms with E-state index in [4.69, 9.17) is 0 Å². The maximum Gasteiger partial charge on any atom is 0.251 e. The lowest BCUT2D eigenvalue weighted by molar-refractivity contribution is -0.0919. The predicted molar refractivity (Wildman–Crippen MR) is 45.4 cm³/mol. The lowest BCUT2D eigenvalue weighted by Gasteiger charge is -2.35. The van der Waals surface area contributed by atoms with E-state index in [2.05, 4.69) is 5.32 Å². The number of nitrogens with one attached hydrogen (secondary N) is 1. The summed E-state index contributed by atoms with van der Waals surface area (Å²) < 4.78 is 24.6. The molecule has 0 atom stereocenters. The molecule has 1 N–H and O–H groups in total. The largest absolute Gasteiger partial charge is 0.310 e. The van der Waals surface area contributed by atoms with Gasteiger partial charge in [-0.15, -0.1) is 0 Å². The van der Waals surface area contributed by atoms with E-state index in [0.717, 1.165) is 0 Å². The van der Waals surface area contributed by atoms with Crippen LogP contribution in [0.25, 0.3) is 0 Å². The van der Waals surface area contributed by atoms with Crippen LogP contribution < -0.4 is 5.32 Å². The van der Waals surface area contributed by atoms with Crippen LogP contribution in [0.5, 0.6) is 0 Å². The fraction of sp³-hybridized carbons (Fsp3) is 0.778. The molecule has 1 nitrogen and oxygen atoms in total. The zero-order valence-corrected chi connectivity index (χ0v) is 7.53. The van der Waals surface area contributed by atoms with Gasteiger partial charge in [0.15, 0.2) is 0 Å². The Balaban J connectivity index is 2.08. The first kappa shape index (κ1) is 9.65. The first-order chi connectivity index (χ1) is 5.49. The van der Waals surface area contributed by atoms with Crippen molar-refractivity contribution >= 4 is 0 Å². The van der Waals surface area contributed by atoms with Gasteiger partial charge in [-0.1, -0.05) is 11.6 Å². The van der Waals surface area contributed by atoms with Gasteiger partial charge in [0.1, 0.15) is 0 Å². The van der Waals surface area contributed by atoms with Gasteiger partial charge < -0.3 is 5.32 Å². The standard InChI is InChI=1S/C9H15F2N/c1-7(2)3-4-12-8-5-9(10,11)6-8/h3,8,12H,4-6H2,1-2H3. The Morgan fingerprint density at radius 3 is 2.50 bits per heavy atom. The van der Waals surface area contributed by atoms with E-state index in [0.29, 0.717) is 6.54 Å². The second kappa shape index (κ2) is 3.52. The molecule has 0 bridgehead atoms. The second-order valence-corrected chi connectivity index (χ2v) is 3.65. The molecule has 0 radical (unpaired) electrons. The number of halogens is 2. The van der Waals surface area contributed by atoms with Crippen molar-refractivity contribution in [3.63, 3.8) is 0 Å². The third-order valence-electron chi connectivity index (χ3n) is 2.01. The van der Waals surface area contributed by atoms with Crippen LogP contribution in [0.3, 0.4) is 0 Å². The van der Waals surface area contributed by atoms with E-state index >= 15 is 0 Å². The molecular weight excluding hydrogens is 160 g/mol. The average Bonchev–Trinajstić information content (AvgIpc) is 1.82. The smallest absolute Gasteiger partial charge is 0.251 e. The van der Waals surface area contributed by atoms with Gasteiger partial charge in [0.05, 0.1) is 0 Å². The minimum absolute atomic E-state index is 0.00357. The molecule has 1 saturated carbocycles. The Kier molecular flexibility index (Phi) is 2.83. The molecule has 0 heterocycles. The van der Waals surface area contributed by atoms with Gasteiger partial charge in [-0.25, -0.2) is 8.78 Å². The highest BCUT2D eigenvalue weighted by atomic mass is 19.3. The SMILES string of the molecule is CC(C)=CCNC1CC(F)(F)C1. The minimum atomic E-state index is -2.40. The first-order valence-corrected chi connectivity index (χ1v) is 4.24. The van der Waals surface area contributed by atoms with Crippen molar-refractivity contribution in [3.05, 3.63) is 11.6 Å². The molecule has 0 saturated heterocycles. The van der Waals surface area contributed by atoms with Gasteiger partial charge in [-0.2, -0.15) is 0 Å². The lowest BCUT2D eigenvalue weighted by atomic mass is 9.88. The van der Waals surface area contributed by atoms with Crippen LogP contribution >= 0.6 is 0 Å². The van der Waals surface area contributed by atoms with E-state index in [1.54, 1.807) is 0 Å². The van der Waals surface area contributed by atoms with Crippen molar-refractivity contribution in [1.29, 1.82) is 0 Å². The zero-order chi connectivity index (χ0) is 9.19. The molecular formula is C9H15F2N.